The summed E-state index contributed by atoms with van der Waals surface area (Å²) >= 11 is 5.93. The molecule has 3 rings (SSSR count). The summed E-state index contributed by atoms with van der Waals surface area (Å²) in [5.41, 5.74) is 1.82. The van der Waals surface area contributed by atoms with Crippen molar-refractivity contribution in [3.8, 4) is 0 Å². The summed E-state index contributed by atoms with van der Waals surface area (Å²) < 4.78 is 0. The van der Waals surface area contributed by atoms with Gasteiger partial charge in [0.05, 0.1) is 6.33 Å². The number of rotatable bonds is 4. The van der Waals surface area contributed by atoms with Crippen LogP contribution in [0.1, 0.15) is 12.8 Å². The molecule has 0 aliphatic heterocycles. The van der Waals surface area contributed by atoms with Gasteiger partial charge in [0.15, 0.2) is 11.5 Å². The molecule has 5 nitrogen and oxygen atoms in total. The van der Waals surface area contributed by atoms with Crippen molar-refractivity contribution >= 4 is 28.6 Å². The Kier molecular flexibility index (Phi) is 2.21. The van der Waals surface area contributed by atoms with Gasteiger partial charge in [0.25, 0.3) is 0 Å². The first kappa shape index (κ1) is 9.84. The zero-order chi connectivity index (χ0) is 11.0. The summed E-state index contributed by atoms with van der Waals surface area (Å²) in [5.74, 6) is 1.51. The Balaban J connectivity index is 1.81. The molecule has 1 aliphatic carbocycles. The van der Waals surface area contributed by atoms with Gasteiger partial charge in [-0.3, -0.25) is 0 Å². The molecular weight excluding hydrogens is 226 g/mol. The fourth-order valence-corrected chi connectivity index (χ4v) is 2.07. The topological polar surface area (TPSA) is 66.5 Å². The fourth-order valence-electron chi connectivity index (χ4n) is 1.70. The van der Waals surface area contributed by atoms with E-state index in [1.807, 2.05) is 0 Å². The average Bonchev–Trinajstić information content (AvgIpc) is 2.94. The first-order valence-electron chi connectivity index (χ1n) is 5.27. The maximum Gasteiger partial charge on any atom is 0.182 e. The molecule has 1 saturated carbocycles. The van der Waals surface area contributed by atoms with Crippen LogP contribution in [0.4, 0.5) is 5.82 Å². The number of H-pyrrole nitrogens is 1. The minimum absolute atomic E-state index is 0.277. The maximum absolute atomic E-state index is 5.93. The Bertz CT molecular complexity index is 505. The van der Waals surface area contributed by atoms with Crippen molar-refractivity contribution in [3.63, 3.8) is 0 Å². The number of alkyl halides is 1. The van der Waals surface area contributed by atoms with Crippen molar-refractivity contribution < 1.29 is 0 Å². The van der Waals surface area contributed by atoms with Gasteiger partial charge in [-0.25, -0.2) is 15.0 Å². The van der Waals surface area contributed by atoms with Crippen LogP contribution in [0.3, 0.4) is 0 Å². The van der Waals surface area contributed by atoms with Gasteiger partial charge in [-0.05, 0) is 12.8 Å². The summed E-state index contributed by atoms with van der Waals surface area (Å²) in [6.45, 7) is 0.863. The van der Waals surface area contributed by atoms with E-state index in [0.717, 1.165) is 17.9 Å². The highest BCUT2D eigenvalue weighted by Gasteiger charge is 2.41. The lowest BCUT2D eigenvalue weighted by Crippen LogP contribution is -2.17. The number of nitrogens with one attached hydrogen (secondary N) is 2. The quantitative estimate of drug-likeness (QED) is 0.796. The van der Waals surface area contributed by atoms with Gasteiger partial charge >= 0.3 is 0 Å². The van der Waals surface area contributed by atoms with Crippen LogP contribution in [-0.4, -0.2) is 32.4 Å². The van der Waals surface area contributed by atoms with Crippen LogP contribution in [0.5, 0.6) is 0 Å². The number of anilines is 1. The number of hydrogen-bond acceptors (Lipinski definition) is 4. The lowest BCUT2D eigenvalue weighted by molar-refractivity contribution is 0.617. The number of fused-ring (bicyclic) bond motifs is 1. The molecule has 16 heavy (non-hydrogen) atoms. The molecule has 1 fully saturated rings. The SMILES string of the molecule is ClCC1(CNc2ncnc3nc[nH]c23)CC1. The second kappa shape index (κ2) is 3.59. The molecule has 84 valence electrons. The molecular formula is C10H12ClN5. The molecule has 0 amide bonds. The van der Waals surface area contributed by atoms with Gasteiger partial charge < -0.3 is 10.3 Å². The van der Waals surface area contributed by atoms with Crippen LogP contribution in [0.15, 0.2) is 12.7 Å². The van der Waals surface area contributed by atoms with E-state index < -0.39 is 0 Å². The fraction of sp³-hybridized carbons (Fsp3) is 0.500. The van der Waals surface area contributed by atoms with Crippen molar-refractivity contribution in [1.29, 1.82) is 0 Å². The highest BCUT2D eigenvalue weighted by Crippen LogP contribution is 2.46. The highest BCUT2D eigenvalue weighted by molar-refractivity contribution is 6.18. The van der Waals surface area contributed by atoms with E-state index in [0.29, 0.717) is 11.5 Å². The normalized spacial score (nSPS) is 17.6. The van der Waals surface area contributed by atoms with E-state index in [-0.39, 0.29) is 5.41 Å². The minimum atomic E-state index is 0.277. The van der Waals surface area contributed by atoms with Crippen LogP contribution in [-0.2, 0) is 0 Å². The summed E-state index contributed by atoms with van der Waals surface area (Å²) in [5, 5.41) is 3.32. The predicted molar refractivity (Wildman–Crippen MR) is 62.6 cm³/mol. The maximum atomic E-state index is 5.93. The smallest absolute Gasteiger partial charge is 0.182 e. The molecule has 1 aliphatic rings. The molecule has 0 bridgehead atoms. The Labute approximate surface area is 97.7 Å². The van der Waals surface area contributed by atoms with E-state index in [9.17, 15) is 0 Å². The Morgan fingerprint density at radius 1 is 1.38 bits per heavy atom. The Hall–Kier alpha value is -1.36. The van der Waals surface area contributed by atoms with E-state index >= 15 is 0 Å². The van der Waals surface area contributed by atoms with Crippen molar-refractivity contribution in [3.05, 3.63) is 12.7 Å². The zero-order valence-corrected chi connectivity index (χ0v) is 9.46. The zero-order valence-electron chi connectivity index (χ0n) is 8.70. The molecule has 0 aromatic carbocycles. The second-order valence-corrected chi connectivity index (χ2v) is 4.58. The van der Waals surface area contributed by atoms with Gasteiger partial charge in [0, 0.05) is 17.8 Å². The lowest BCUT2D eigenvalue weighted by Gasteiger charge is -2.12. The Morgan fingerprint density at radius 3 is 3.00 bits per heavy atom. The largest absolute Gasteiger partial charge is 0.368 e. The molecule has 6 heteroatoms. The number of halogens is 1. The Morgan fingerprint density at radius 2 is 2.25 bits per heavy atom. The summed E-state index contributed by atoms with van der Waals surface area (Å²) in [6, 6.07) is 0. The summed E-state index contributed by atoms with van der Waals surface area (Å²) in [6.07, 6.45) is 5.53. The molecule has 0 spiro atoms. The number of imidazole rings is 1. The van der Waals surface area contributed by atoms with Crippen LogP contribution in [0, 0.1) is 5.41 Å². The lowest BCUT2D eigenvalue weighted by atomic mass is 10.1. The van der Waals surface area contributed by atoms with Crippen LogP contribution < -0.4 is 5.32 Å². The van der Waals surface area contributed by atoms with Gasteiger partial charge in [0.2, 0.25) is 0 Å². The minimum Gasteiger partial charge on any atom is -0.368 e. The van der Waals surface area contributed by atoms with Crippen LogP contribution in [0.2, 0.25) is 0 Å². The number of aromatic nitrogens is 4. The number of aromatic amines is 1. The molecule has 0 unspecified atom stereocenters. The third kappa shape index (κ3) is 1.61. The third-order valence-electron chi connectivity index (χ3n) is 3.09. The van der Waals surface area contributed by atoms with Gasteiger partial charge in [0.1, 0.15) is 11.8 Å². The first-order valence-corrected chi connectivity index (χ1v) is 5.80. The number of nitrogens with zero attached hydrogens (tertiary/aromatic N) is 3. The number of hydrogen-bond donors (Lipinski definition) is 2. The predicted octanol–water partition coefficient (Wildman–Crippen LogP) is 1.78. The van der Waals surface area contributed by atoms with Crippen LogP contribution in [0.25, 0.3) is 11.2 Å². The van der Waals surface area contributed by atoms with E-state index in [1.165, 1.54) is 19.2 Å². The van der Waals surface area contributed by atoms with Crippen molar-refractivity contribution in [2.75, 3.05) is 17.7 Å². The van der Waals surface area contributed by atoms with E-state index in [2.05, 4.69) is 25.3 Å². The standard InChI is InChI=1S/C10H12ClN5/c11-3-10(1-2-10)4-12-8-7-9(14-5-13-7)16-6-15-8/h5-6H,1-4H2,(H2,12,13,14,15,16). The molecule has 2 heterocycles. The van der Waals surface area contributed by atoms with Gasteiger partial charge in [-0.1, -0.05) is 0 Å². The first-order chi connectivity index (χ1) is 7.83. The molecule has 0 atom stereocenters. The van der Waals surface area contributed by atoms with E-state index in [1.54, 1.807) is 6.33 Å². The van der Waals surface area contributed by atoms with Crippen molar-refractivity contribution in [1.82, 2.24) is 19.9 Å². The molecule has 0 saturated heterocycles. The van der Waals surface area contributed by atoms with Crippen LogP contribution >= 0.6 is 11.6 Å². The van der Waals surface area contributed by atoms with Gasteiger partial charge in [-0.15, -0.1) is 11.6 Å². The summed E-state index contributed by atoms with van der Waals surface area (Å²) in [4.78, 5) is 15.4. The molecule has 2 aromatic rings. The third-order valence-corrected chi connectivity index (χ3v) is 3.66. The highest BCUT2D eigenvalue weighted by atomic mass is 35.5. The molecule has 2 aromatic heterocycles. The molecule has 2 N–H and O–H groups in total. The van der Waals surface area contributed by atoms with Crippen molar-refractivity contribution in [2.45, 2.75) is 12.8 Å². The average molecular weight is 238 g/mol. The van der Waals surface area contributed by atoms with E-state index in [4.69, 9.17) is 11.6 Å². The van der Waals surface area contributed by atoms with Gasteiger partial charge in [-0.2, -0.15) is 0 Å². The summed E-state index contributed by atoms with van der Waals surface area (Å²) in [7, 11) is 0. The second-order valence-electron chi connectivity index (χ2n) is 4.31. The monoisotopic (exact) mass is 237 g/mol. The van der Waals surface area contributed by atoms with Crippen molar-refractivity contribution in [2.24, 2.45) is 5.41 Å². The molecule has 0 radical (unpaired) electrons.